The van der Waals surface area contributed by atoms with Crippen LogP contribution in [0.1, 0.15) is 29.8 Å². The summed E-state index contributed by atoms with van der Waals surface area (Å²) in [6.07, 6.45) is 1.67. The fraction of sp³-hybridized carbons (Fsp3) is 0.182. The second kappa shape index (κ2) is 9.92. The third-order valence-electron chi connectivity index (χ3n) is 3.86. The Hall–Kier alpha value is -2.34. The fourth-order valence-electron chi connectivity index (χ4n) is 2.44. The van der Waals surface area contributed by atoms with Crippen LogP contribution in [0, 0.1) is 5.92 Å². The van der Waals surface area contributed by atoms with Crippen molar-refractivity contribution in [3.63, 3.8) is 0 Å². The number of aliphatic imine (C=N–C) groups is 1. The molecule has 3 rings (SSSR count). The lowest BCUT2D eigenvalue weighted by Crippen LogP contribution is -2.10. The van der Waals surface area contributed by atoms with Gasteiger partial charge in [0.15, 0.2) is 0 Å². The first kappa shape index (κ1) is 21.4. The molecule has 1 N–H and O–H groups in total. The number of nitrogens with one attached hydrogen (secondary N) is 1. The van der Waals surface area contributed by atoms with Gasteiger partial charge in [-0.1, -0.05) is 37.0 Å². The zero-order valence-corrected chi connectivity index (χ0v) is 18.3. The topological polar surface area (TPSA) is 50.7 Å². The molecule has 0 unspecified atom stereocenters. The van der Waals surface area contributed by atoms with Crippen molar-refractivity contribution in [1.82, 2.24) is 0 Å². The van der Waals surface area contributed by atoms with Crippen LogP contribution in [0.15, 0.2) is 58.9 Å². The van der Waals surface area contributed by atoms with E-state index in [-0.39, 0.29) is 5.91 Å². The van der Waals surface area contributed by atoms with Gasteiger partial charge in [-0.2, -0.15) is 0 Å². The Morgan fingerprint density at radius 3 is 2.59 bits per heavy atom. The number of hydrogen-bond acceptors (Lipinski definition) is 4. The van der Waals surface area contributed by atoms with Crippen molar-refractivity contribution in [3.8, 4) is 5.75 Å². The summed E-state index contributed by atoms with van der Waals surface area (Å²) in [4.78, 5) is 17.1. The fourth-order valence-corrected chi connectivity index (χ4v) is 3.48. The lowest BCUT2D eigenvalue weighted by atomic mass is 10.2. The van der Waals surface area contributed by atoms with E-state index < -0.39 is 0 Å². The third kappa shape index (κ3) is 6.07. The molecule has 1 aromatic heterocycles. The van der Waals surface area contributed by atoms with Crippen molar-refractivity contribution >= 4 is 57.3 Å². The smallest absolute Gasteiger partial charge is 0.258 e. The number of amides is 1. The zero-order valence-electron chi connectivity index (χ0n) is 16.0. The molecule has 7 heteroatoms. The number of carbonyl (C=O) groups is 1. The number of thiophene rings is 1. The van der Waals surface area contributed by atoms with E-state index in [0.717, 1.165) is 5.56 Å². The van der Waals surface area contributed by atoms with Gasteiger partial charge >= 0.3 is 0 Å². The summed E-state index contributed by atoms with van der Waals surface area (Å²) in [5.74, 6) is 0.870. The van der Waals surface area contributed by atoms with E-state index >= 15 is 0 Å². The molecule has 0 aliphatic heterocycles. The summed E-state index contributed by atoms with van der Waals surface area (Å²) in [6.45, 7) is 4.76. The molecule has 2 aromatic carbocycles. The molecule has 29 heavy (non-hydrogen) atoms. The minimum atomic E-state index is -0.233. The number of carbonyl (C=O) groups excluding carboxylic acids is 1. The second-order valence-electron chi connectivity index (χ2n) is 6.75. The molecule has 0 saturated carbocycles. The maximum atomic E-state index is 12.6. The van der Waals surface area contributed by atoms with Crippen molar-refractivity contribution in [2.24, 2.45) is 10.9 Å². The van der Waals surface area contributed by atoms with Gasteiger partial charge < -0.3 is 10.1 Å². The minimum absolute atomic E-state index is 0.233. The Labute approximate surface area is 184 Å². The summed E-state index contributed by atoms with van der Waals surface area (Å²) in [5, 5.41) is 6.49. The van der Waals surface area contributed by atoms with Crippen LogP contribution in [0.25, 0.3) is 0 Å². The van der Waals surface area contributed by atoms with E-state index in [0.29, 0.717) is 44.6 Å². The molecule has 0 spiro atoms. The Bertz CT molecular complexity index is 1010. The van der Waals surface area contributed by atoms with Gasteiger partial charge in [0.1, 0.15) is 10.8 Å². The molecule has 3 aromatic rings. The maximum absolute atomic E-state index is 12.6. The summed E-state index contributed by atoms with van der Waals surface area (Å²) in [6, 6.07) is 14.1. The van der Waals surface area contributed by atoms with Crippen molar-refractivity contribution in [2.75, 3.05) is 11.9 Å². The highest BCUT2D eigenvalue weighted by Crippen LogP contribution is 2.29. The van der Waals surface area contributed by atoms with Crippen LogP contribution in [-0.4, -0.2) is 18.7 Å². The van der Waals surface area contributed by atoms with Crippen molar-refractivity contribution in [2.45, 2.75) is 13.8 Å². The quantitative estimate of drug-likeness (QED) is 0.393. The molecule has 0 saturated heterocycles. The van der Waals surface area contributed by atoms with E-state index in [1.165, 1.54) is 11.3 Å². The molecule has 0 aliphatic rings. The van der Waals surface area contributed by atoms with Crippen LogP contribution in [-0.2, 0) is 0 Å². The average molecular weight is 447 g/mol. The lowest BCUT2D eigenvalue weighted by Gasteiger charge is -2.11. The molecule has 0 aliphatic carbocycles. The minimum Gasteiger partial charge on any atom is -0.493 e. The molecule has 0 radical (unpaired) electrons. The summed E-state index contributed by atoms with van der Waals surface area (Å²) in [5.41, 5.74) is 1.92. The number of anilines is 1. The lowest BCUT2D eigenvalue weighted by molar-refractivity contribution is 0.102. The first-order valence-corrected chi connectivity index (χ1v) is 10.7. The molecule has 0 atom stereocenters. The summed E-state index contributed by atoms with van der Waals surface area (Å²) < 4.78 is 5.85. The number of hydrogen-bond donors (Lipinski definition) is 1. The molecule has 0 bridgehead atoms. The molecule has 150 valence electrons. The monoisotopic (exact) mass is 446 g/mol. The van der Waals surface area contributed by atoms with Crippen molar-refractivity contribution < 1.29 is 9.53 Å². The zero-order chi connectivity index (χ0) is 20.8. The normalized spacial score (nSPS) is 11.2. The largest absolute Gasteiger partial charge is 0.493 e. The Morgan fingerprint density at radius 2 is 1.86 bits per heavy atom. The first-order chi connectivity index (χ1) is 13.9. The highest BCUT2D eigenvalue weighted by atomic mass is 35.5. The number of nitrogens with zero attached hydrogens (tertiary/aromatic N) is 1. The Morgan fingerprint density at radius 1 is 1.14 bits per heavy atom. The Balaban J connectivity index is 1.79. The second-order valence-corrected chi connectivity index (χ2v) is 8.51. The van der Waals surface area contributed by atoms with Gasteiger partial charge in [-0.25, -0.2) is 4.99 Å². The maximum Gasteiger partial charge on any atom is 0.258 e. The molecular weight excluding hydrogens is 427 g/mol. The SMILES string of the molecule is CC(C)COc1ccc(Cl)cc1C=Nc1sccc1C(=O)Nc1ccc(Cl)cc1. The van der Waals surface area contributed by atoms with Gasteiger partial charge in [-0.15, -0.1) is 11.3 Å². The number of ether oxygens (including phenoxy) is 1. The van der Waals surface area contributed by atoms with Crippen LogP contribution in [0.2, 0.25) is 10.0 Å². The predicted molar refractivity (Wildman–Crippen MR) is 123 cm³/mol. The van der Waals surface area contributed by atoms with Gasteiger partial charge in [0.05, 0.1) is 12.2 Å². The van der Waals surface area contributed by atoms with Crippen molar-refractivity contribution in [3.05, 3.63) is 75.1 Å². The van der Waals surface area contributed by atoms with Gasteiger partial charge in [0, 0.05) is 27.5 Å². The van der Waals surface area contributed by atoms with Gasteiger partial charge in [-0.05, 0) is 59.8 Å². The van der Waals surface area contributed by atoms with Gasteiger partial charge in [0.25, 0.3) is 5.91 Å². The van der Waals surface area contributed by atoms with Crippen LogP contribution in [0.4, 0.5) is 10.7 Å². The van der Waals surface area contributed by atoms with Gasteiger partial charge in [-0.3, -0.25) is 4.79 Å². The summed E-state index contributed by atoms with van der Waals surface area (Å²) >= 11 is 13.4. The van der Waals surface area contributed by atoms with Crippen LogP contribution < -0.4 is 10.1 Å². The molecule has 4 nitrogen and oxygen atoms in total. The number of halogens is 2. The van der Waals surface area contributed by atoms with E-state index in [4.69, 9.17) is 27.9 Å². The third-order valence-corrected chi connectivity index (χ3v) is 5.16. The van der Waals surface area contributed by atoms with Crippen LogP contribution >= 0.6 is 34.5 Å². The average Bonchev–Trinajstić information content (AvgIpc) is 3.16. The highest BCUT2D eigenvalue weighted by Gasteiger charge is 2.13. The van der Waals surface area contributed by atoms with Crippen LogP contribution in [0.3, 0.4) is 0 Å². The Kier molecular flexibility index (Phi) is 7.31. The number of rotatable bonds is 7. The number of benzene rings is 2. The predicted octanol–water partition coefficient (Wildman–Crippen LogP) is 7.09. The molecule has 1 heterocycles. The van der Waals surface area contributed by atoms with E-state index in [1.807, 2.05) is 11.4 Å². The van der Waals surface area contributed by atoms with E-state index in [2.05, 4.69) is 24.2 Å². The van der Waals surface area contributed by atoms with Crippen molar-refractivity contribution in [1.29, 1.82) is 0 Å². The molecule has 0 fully saturated rings. The first-order valence-electron chi connectivity index (χ1n) is 9.03. The van der Waals surface area contributed by atoms with Gasteiger partial charge in [0.2, 0.25) is 0 Å². The molecule has 1 amide bonds. The standard InChI is InChI=1S/C22H20Cl2N2O2S/c1-14(2)13-28-20-8-5-17(24)11-15(20)12-25-22-19(9-10-29-22)21(27)26-18-6-3-16(23)4-7-18/h3-12,14H,13H2,1-2H3,(H,26,27). The highest BCUT2D eigenvalue weighted by molar-refractivity contribution is 7.14. The van der Waals surface area contributed by atoms with Crippen LogP contribution in [0.5, 0.6) is 5.75 Å². The summed E-state index contributed by atoms with van der Waals surface area (Å²) in [7, 11) is 0. The molecular formula is C22H20Cl2N2O2S. The van der Waals surface area contributed by atoms with E-state index in [1.54, 1.807) is 48.7 Å². The van der Waals surface area contributed by atoms with E-state index in [9.17, 15) is 4.79 Å².